The molecule has 0 atom stereocenters. The van der Waals surface area contributed by atoms with Crippen molar-refractivity contribution in [3.05, 3.63) is 53.1 Å². The maximum Gasteiger partial charge on any atom is -0.0224 e. The molecule has 0 spiro atoms. The van der Waals surface area contributed by atoms with Gasteiger partial charge in [-0.05, 0) is 44.4 Å². The van der Waals surface area contributed by atoms with Crippen molar-refractivity contribution < 1.29 is 0 Å². The highest BCUT2D eigenvalue weighted by Crippen LogP contribution is 2.22. The van der Waals surface area contributed by atoms with Crippen molar-refractivity contribution in [1.82, 2.24) is 0 Å². The minimum Gasteiger partial charge on any atom is -0.0958 e. The SMILES string of the molecule is C=C(C)/C(C)=C(/C)c1ccc(C)cc1. The van der Waals surface area contributed by atoms with Crippen LogP contribution >= 0.6 is 0 Å². The van der Waals surface area contributed by atoms with Gasteiger partial charge in [0, 0.05) is 0 Å². The molecule has 0 aliphatic rings. The van der Waals surface area contributed by atoms with Crippen LogP contribution < -0.4 is 0 Å². The van der Waals surface area contributed by atoms with Crippen molar-refractivity contribution in [2.24, 2.45) is 0 Å². The summed E-state index contributed by atoms with van der Waals surface area (Å²) >= 11 is 0. The summed E-state index contributed by atoms with van der Waals surface area (Å²) in [5.74, 6) is 0. The second-order valence-corrected chi connectivity index (χ2v) is 3.90. The van der Waals surface area contributed by atoms with E-state index in [1.807, 2.05) is 6.92 Å². The Bertz CT molecular complexity index is 364. The molecule has 0 fully saturated rings. The lowest BCUT2D eigenvalue weighted by Gasteiger charge is -2.08. The van der Waals surface area contributed by atoms with Crippen LogP contribution in [0.1, 0.15) is 31.9 Å². The number of hydrogen-bond donors (Lipinski definition) is 0. The standard InChI is InChI=1S/C14H18/c1-10(2)12(4)13(5)14-8-6-11(3)7-9-14/h6-9H,1H2,2-5H3/b13-12-. The molecule has 0 aromatic heterocycles. The number of rotatable bonds is 2. The Hall–Kier alpha value is -1.30. The topological polar surface area (TPSA) is 0 Å². The number of hydrogen-bond acceptors (Lipinski definition) is 0. The number of aryl methyl sites for hydroxylation is 1. The Balaban J connectivity index is 3.12. The highest BCUT2D eigenvalue weighted by Gasteiger charge is 2.00. The van der Waals surface area contributed by atoms with Crippen molar-refractivity contribution in [3.8, 4) is 0 Å². The quantitative estimate of drug-likeness (QED) is 0.602. The first-order chi connectivity index (χ1) is 6.52. The lowest BCUT2D eigenvalue weighted by Crippen LogP contribution is -1.86. The van der Waals surface area contributed by atoms with Crippen LogP contribution in [0.25, 0.3) is 5.57 Å². The van der Waals surface area contributed by atoms with Crippen LogP contribution in [0.4, 0.5) is 0 Å². The molecule has 0 radical (unpaired) electrons. The van der Waals surface area contributed by atoms with Gasteiger partial charge < -0.3 is 0 Å². The van der Waals surface area contributed by atoms with E-state index in [1.54, 1.807) is 0 Å². The normalized spacial score (nSPS) is 12.3. The zero-order valence-corrected chi connectivity index (χ0v) is 9.52. The van der Waals surface area contributed by atoms with Gasteiger partial charge in [-0.3, -0.25) is 0 Å². The van der Waals surface area contributed by atoms with Crippen LogP contribution in [0.15, 0.2) is 42.0 Å². The Morgan fingerprint density at radius 3 is 1.93 bits per heavy atom. The molecule has 0 aliphatic heterocycles. The molecule has 0 heteroatoms. The second-order valence-electron chi connectivity index (χ2n) is 3.90. The Morgan fingerprint density at radius 2 is 1.50 bits per heavy atom. The van der Waals surface area contributed by atoms with Crippen molar-refractivity contribution in [2.45, 2.75) is 27.7 Å². The molecule has 0 nitrogen and oxygen atoms in total. The highest BCUT2D eigenvalue weighted by atomic mass is 14.1. The summed E-state index contributed by atoms with van der Waals surface area (Å²) in [6.07, 6.45) is 0. The van der Waals surface area contributed by atoms with E-state index < -0.39 is 0 Å². The van der Waals surface area contributed by atoms with Crippen molar-refractivity contribution in [2.75, 3.05) is 0 Å². The third kappa shape index (κ3) is 2.35. The Morgan fingerprint density at radius 1 is 1.00 bits per heavy atom. The summed E-state index contributed by atoms with van der Waals surface area (Å²) in [6.45, 7) is 12.4. The van der Waals surface area contributed by atoms with Gasteiger partial charge in [-0.1, -0.05) is 42.0 Å². The van der Waals surface area contributed by atoms with E-state index >= 15 is 0 Å². The average molecular weight is 186 g/mol. The molecule has 0 bridgehead atoms. The smallest absolute Gasteiger partial charge is 0.0224 e. The predicted molar refractivity (Wildman–Crippen MR) is 64.3 cm³/mol. The van der Waals surface area contributed by atoms with Gasteiger partial charge >= 0.3 is 0 Å². The molecule has 0 N–H and O–H groups in total. The van der Waals surface area contributed by atoms with Crippen LogP contribution in [0.5, 0.6) is 0 Å². The van der Waals surface area contributed by atoms with E-state index in [0.717, 1.165) is 5.57 Å². The fourth-order valence-corrected chi connectivity index (χ4v) is 1.34. The van der Waals surface area contributed by atoms with Gasteiger partial charge in [0.25, 0.3) is 0 Å². The number of allylic oxidation sites excluding steroid dienone is 3. The van der Waals surface area contributed by atoms with Crippen LogP contribution in [-0.4, -0.2) is 0 Å². The molecule has 0 saturated carbocycles. The van der Waals surface area contributed by atoms with E-state index in [2.05, 4.69) is 51.6 Å². The molecule has 0 unspecified atom stereocenters. The molecule has 1 aromatic carbocycles. The van der Waals surface area contributed by atoms with Gasteiger partial charge in [0.15, 0.2) is 0 Å². The van der Waals surface area contributed by atoms with Gasteiger partial charge in [-0.15, -0.1) is 0 Å². The Labute approximate surface area is 87.0 Å². The van der Waals surface area contributed by atoms with Gasteiger partial charge in [-0.2, -0.15) is 0 Å². The van der Waals surface area contributed by atoms with Gasteiger partial charge in [-0.25, -0.2) is 0 Å². The third-order valence-electron chi connectivity index (χ3n) is 2.69. The molecular formula is C14H18. The lowest BCUT2D eigenvalue weighted by molar-refractivity contribution is 1.34. The maximum atomic E-state index is 3.96. The minimum atomic E-state index is 1.14. The van der Waals surface area contributed by atoms with E-state index in [0.29, 0.717) is 0 Å². The molecule has 0 heterocycles. The summed E-state index contributed by atoms with van der Waals surface area (Å²) in [4.78, 5) is 0. The number of benzene rings is 1. The van der Waals surface area contributed by atoms with E-state index in [9.17, 15) is 0 Å². The fourth-order valence-electron chi connectivity index (χ4n) is 1.34. The largest absolute Gasteiger partial charge is 0.0958 e. The summed E-state index contributed by atoms with van der Waals surface area (Å²) in [5.41, 5.74) is 6.33. The lowest BCUT2D eigenvalue weighted by atomic mass is 9.98. The summed E-state index contributed by atoms with van der Waals surface area (Å²) in [6, 6.07) is 8.61. The molecule has 1 aromatic rings. The van der Waals surface area contributed by atoms with Crippen molar-refractivity contribution in [1.29, 1.82) is 0 Å². The van der Waals surface area contributed by atoms with E-state index in [-0.39, 0.29) is 0 Å². The van der Waals surface area contributed by atoms with Crippen molar-refractivity contribution in [3.63, 3.8) is 0 Å². The van der Waals surface area contributed by atoms with Crippen LogP contribution in [0.2, 0.25) is 0 Å². The molecule has 14 heavy (non-hydrogen) atoms. The van der Waals surface area contributed by atoms with Crippen LogP contribution in [0, 0.1) is 6.92 Å². The summed E-state index contributed by atoms with van der Waals surface area (Å²) in [5, 5.41) is 0. The fraction of sp³-hybridized carbons (Fsp3) is 0.286. The average Bonchev–Trinajstić information content (AvgIpc) is 2.16. The van der Waals surface area contributed by atoms with Gasteiger partial charge in [0.1, 0.15) is 0 Å². The first-order valence-electron chi connectivity index (χ1n) is 4.92. The monoisotopic (exact) mass is 186 g/mol. The minimum absolute atomic E-state index is 1.14. The van der Waals surface area contributed by atoms with Crippen LogP contribution in [0.3, 0.4) is 0 Å². The van der Waals surface area contributed by atoms with Gasteiger partial charge in [0.2, 0.25) is 0 Å². The maximum absolute atomic E-state index is 3.96. The van der Waals surface area contributed by atoms with Crippen LogP contribution in [-0.2, 0) is 0 Å². The second kappa shape index (κ2) is 4.28. The molecule has 0 aliphatic carbocycles. The third-order valence-corrected chi connectivity index (χ3v) is 2.69. The summed E-state index contributed by atoms with van der Waals surface area (Å²) in [7, 11) is 0. The van der Waals surface area contributed by atoms with E-state index in [1.165, 1.54) is 22.3 Å². The predicted octanol–water partition coefficient (Wildman–Crippen LogP) is 4.36. The van der Waals surface area contributed by atoms with Gasteiger partial charge in [0.05, 0.1) is 0 Å². The first kappa shape index (κ1) is 10.8. The Kier molecular flexibility index (Phi) is 3.29. The molecule has 1 rings (SSSR count). The molecule has 0 amide bonds. The molecule has 0 saturated heterocycles. The zero-order valence-electron chi connectivity index (χ0n) is 9.52. The van der Waals surface area contributed by atoms with E-state index in [4.69, 9.17) is 0 Å². The zero-order chi connectivity index (χ0) is 10.7. The molecular weight excluding hydrogens is 168 g/mol. The first-order valence-corrected chi connectivity index (χ1v) is 4.92. The van der Waals surface area contributed by atoms with Crippen molar-refractivity contribution >= 4 is 5.57 Å². The molecule has 74 valence electrons. The highest BCUT2D eigenvalue weighted by molar-refractivity contribution is 5.69. The summed E-state index contributed by atoms with van der Waals surface area (Å²) < 4.78 is 0.